The zero-order chi connectivity index (χ0) is 9.97. The Bertz CT molecular complexity index is 300. The Labute approximate surface area is 93.7 Å². The molecule has 0 bridgehead atoms. The number of hydrogen-bond donors (Lipinski definition) is 1. The zero-order valence-electron chi connectivity index (χ0n) is 8.08. The number of likely N-dealkylation sites (tertiary alicyclic amines) is 1. The second kappa shape index (κ2) is 4.62. The third-order valence-electron chi connectivity index (χ3n) is 2.76. The van der Waals surface area contributed by atoms with Crippen LogP contribution in [0.1, 0.15) is 11.3 Å². The Kier molecular flexibility index (Phi) is 3.44. The molecular formula is C10H15ClN2S. The van der Waals surface area contributed by atoms with Crippen LogP contribution in [0.5, 0.6) is 0 Å². The standard InChI is InChI=1S/C10H15ClN2S/c11-9-2-4-14-10(9)7-13-3-1-8(5-12)6-13/h2,4,8H,1,3,5-7,12H2. The van der Waals surface area contributed by atoms with Gasteiger partial charge in [-0.3, -0.25) is 4.90 Å². The monoisotopic (exact) mass is 230 g/mol. The number of halogens is 1. The lowest BCUT2D eigenvalue weighted by Crippen LogP contribution is -2.22. The van der Waals surface area contributed by atoms with E-state index in [0.29, 0.717) is 5.92 Å². The molecule has 1 fully saturated rings. The lowest BCUT2D eigenvalue weighted by atomic mass is 10.1. The fourth-order valence-electron chi connectivity index (χ4n) is 1.89. The van der Waals surface area contributed by atoms with Crippen LogP contribution in [-0.2, 0) is 6.54 Å². The summed E-state index contributed by atoms with van der Waals surface area (Å²) < 4.78 is 0. The molecule has 0 saturated carbocycles. The van der Waals surface area contributed by atoms with E-state index in [1.54, 1.807) is 11.3 Å². The molecule has 1 aromatic heterocycles. The largest absolute Gasteiger partial charge is 0.330 e. The number of rotatable bonds is 3. The molecule has 0 spiro atoms. The van der Waals surface area contributed by atoms with Gasteiger partial charge < -0.3 is 5.73 Å². The summed E-state index contributed by atoms with van der Waals surface area (Å²) in [6.45, 7) is 4.10. The second-order valence-electron chi connectivity index (χ2n) is 3.82. The first-order valence-corrected chi connectivity index (χ1v) is 6.19. The predicted molar refractivity (Wildman–Crippen MR) is 61.8 cm³/mol. The molecule has 2 nitrogen and oxygen atoms in total. The van der Waals surface area contributed by atoms with Gasteiger partial charge in [0.2, 0.25) is 0 Å². The van der Waals surface area contributed by atoms with E-state index in [4.69, 9.17) is 17.3 Å². The van der Waals surface area contributed by atoms with E-state index in [0.717, 1.165) is 31.2 Å². The molecule has 1 atom stereocenters. The van der Waals surface area contributed by atoms with Gasteiger partial charge in [0.05, 0.1) is 5.02 Å². The van der Waals surface area contributed by atoms with Crippen molar-refractivity contribution in [2.45, 2.75) is 13.0 Å². The van der Waals surface area contributed by atoms with Crippen LogP contribution in [0.3, 0.4) is 0 Å². The van der Waals surface area contributed by atoms with Crippen molar-refractivity contribution in [1.29, 1.82) is 0 Å². The first-order valence-electron chi connectivity index (χ1n) is 4.94. The predicted octanol–water partition coefficient (Wildman–Crippen LogP) is 2.18. The Hall–Kier alpha value is -0.0900. The van der Waals surface area contributed by atoms with Crippen LogP contribution in [0.2, 0.25) is 5.02 Å². The minimum absolute atomic E-state index is 0.689. The highest BCUT2D eigenvalue weighted by molar-refractivity contribution is 7.10. The summed E-state index contributed by atoms with van der Waals surface area (Å²) in [4.78, 5) is 3.72. The third-order valence-corrected chi connectivity index (χ3v) is 4.13. The van der Waals surface area contributed by atoms with E-state index < -0.39 is 0 Å². The van der Waals surface area contributed by atoms with Crippen molar-refractivity contribution in [2.75, 3.05) is 19.6 Å². The Morgan fingerprint density at radius 1 is 1.64 bits per heavy atom. The highest BCUT2D eigenvalue weighted by Gasteiger charge is 2.21. The van der Waals surface area contributed by atoms with Crippen molar-refractivity contribution in [3.05, 3.63) is 21.3 Å². The van der Waals surface area contributed by atoms with Crippen LogP contribution in [-0.4, -0.2) is 24.5 Å². The van der Waals surface area contributed by atoms with Gasteiger partial charge in [0.25, 0.3) is 0 Å². The number of hydrogen-bond acceptors (Lipinski definition) is 3. The van der Waals surface area contributed by atoms with E-state index in [1.807, 2.05) is 11.4 Å². The highest BCUT2D eigenvalue weighted by Crippen LogP contribution is 2.26. The molecule has 0 amide bonds. The lowest BCUT2D eigenvalue weighted by Gasteiger charge is -2.14. The zero-order valence-corrected chi connectivity index (χ0v) is 9.65. The van der Waals surface area contributed by atoms with Gasteiger partial charge in [0, 0.05) is 18.0 Å². The van der Waals surface area contributed by atoms with Crippen molar-refractivity contribution in [3.63, 3.8) is 0 Å². The summed E-state index contributed by atoms with van der Waals surface area (Å²) in [7, 11) is 0. The minimum Gasteiger partial charge on any atom is -0.330 e. The van der Waals surface area contributed by atoms with Gasteiger partial charge in [-0.05, 0) is 36.9 Å². The molecule has 0 aromatic carbocycles. The normalized spacial score (nSPS) is 23.1. The highest BCUT2D eigenvalue weighted by atomic mass is 35.5. The average Bonchev–Trinajstić information content (AvgIpc) is 2.77. The Morgan fingerprint density at radius 2 is 2.50 bits per heavy atom. The van der Waals surface area contributed by atoms with Crippen LogP contribution >= 0.6 is 22.9 Å². The summed E-state index contributed by atoms with van der Waals surface area (Å²) in [5.74, 6) is 0.689. The van der Waals surface area contributed by atoms with E-state index in [1.165, 1.54) is 11.3 Å². The van der Waals surface area contributed by atoms with Gasteiger partial charge in [-0.2, -0.15) is 0 Å². The van der Waals surface area contributed by atoms with Crippen molar-refractivity contribution < 1.29 is 0 Å². The van der Waals surface area contributed by atoms with Gasteiger partial charge in [-0.15, -0.1) is 11.3 Å². The minimum atomic E-state index is 0.689. The smallest absolute Gasteiger partial charge is 0.0558 e. The number of nitrogens with zero attached hydrogens (tertiary/aromatic N) is 1. The van der Waals surface area contributed by atoms with Crippen LogP contribution in [0, 0.1) is 5.92 Å². The van der Waals surface area contributed by atoms with Crippen molar-refractivity contribution in [3.8, 4) is 0 Å². The van der Waals surface area contributed by atoms with Crippen LogP contribution in [0.15, 0.2) is 11.4 Å². The van der Waals surface area contributed by atoms with E-state index in [9.17, 15) is 0 Å². The molecule has 4 heteroatoms. The lowest BCUT2D eigenvalue weighted by molar-refractivity contribution is 0.321. The van der Waals surface area contributed by atoms with E-state index in [2.05, 4.69) is 4.90 Å². The summed E-state index contributed by atoms with van der Waals surface area (Å²) >= 11 is 7.79. The molecule has 0 aliphatic carbocycles. The molecule has 1 saturated heterocycles. The Morgan fingerprint density at radius 3 is 3.07 bits per heavy atom. The molecule has 2 N–H and O–H groups in total. The topological polar surface area (TPSA) is 29.3 Å². The van der Waals surface area contributed by atoms with Crippen molar-refractivity contribution >= 4 is 22.9 Å². The molecular weight excluding hydrogens is 216 g/mol. The van der Waals surface area contributed by atoms with Crippen LogP contribution in [0.25, 0.3) is 0 Å². The van der Waals surface area contributed by atoms with Crippen molar-refractivity contribution in [1.82, 2.24) is 4.90 Å². The van der Waals surface area contributed by atoms with Gasteiger partial charge in [0.1, 0.15) is 0 Å². The maximum absolute atomic E-state index is 6.05. The average molecular weight is 231 g/mol. The molecule has 14 heavy (non-hydrogen) atoms. The first kappa shape index (κ1) is 10.4. The molecule has 0 radical (unpaired) electrons. The SMILES string of the molecule is NCC1CCN(Cc2sccc2Cl)C1. The summed E-state index contributed by atoms with van der Waals surface area (Å²) in [6.07, 6.45) is 1.24. The summed E-state index contributed by atoms with van der Waals surface area (Å²) in [6, 6.07) is 1.97. The number of thiophene rings is 1. The molecule has 1 aliphatic heterocycles. The quantitative estimate of drug-likeness (QED) is 0.863. The molecule has 78 valence electrons. The molecule has 1 aromatic rings. The van der Waals surface area contributed by atoms with Crippen molar-refractivity contribution in [2.24, 2.45) is 11.7 Å². The van der Waals surface area contributed by atoms with E-state index >= 15 is 0 Å². The Balaban J connectivity index is 1.90. The van der Waals surface area contributed by atoms with Crippen LogP contribution in [0.4, 0.5) is 0 Å². The van der Waals surface area contributed by atoms with Gasteiger partial charge >= 0.3 is 0 Å². The van der Waals surface area contributed by atoms with Crippen LogP contribution < -0.4 is 5.73 Å². The van der Waals surface area contributed by atoms with E-state index in [-0.39, 0.29) is 0 Å². The number of nitrogens with two attached hydrogens (primary N) is 1. The maximum atomic E-state index is 6.05. The first-order chi connectivity index (χ1) is 6.79. The summed E-state index contributed by atoms with van der Waals surface area (Å²) in [5, 5.41) is 2.96. The van der Waals surface area contributed by atoms with Gasteiger partial charge in [-0.25, -0.2) is 0 Å². The molecule has 2 rings (SSSR count). The fourth-order valence-corrected chi connectivity index (χ4v) is 3.03. The molecule has 2 heterocycles. The van der Waals surface area contributed by atoms with Gasteiger partial charge in [-0.1, -0.05) is 11.6 Å². The molecule has 1 aliphatic rings. The second-order valence-corrected chi connectivity index (χ2v) is 5.23. The van der Waals surface area contributed by atoms with Gasteiger partial charge in [0.15, 0.2) is 0 Å². The maximum Gasteiger partial charge on any atom is 0.0558 e. The third kappa shape index (κ3) is 2.28. The molecule has 1 unspecified atom stereocenters. The fraction of sp³-hybridized carbons (Fsp3) is 0.600. The summed E-state index contributed by atoms with van der Waals surface area (Å²) in [5.41, 5.74) is 5.65.